The van der Waals surface area contributed by atoms with Crippen molar-refractivity contribution in [1.29, 1.82) is 0 Å². The second-order valence-corrected chi connectivity index (χ2v) is 5.43. The van der Waals surface area contributed by atoms with Gasteiger partial charge in [0.05, 0.1) is 5.54 Å². The number of oxazole rings is 1. The number of nitrogens with one attached hydrogen (secondary N) is 1. The fourth-order valence-electron chi connectivity index (χ4n) is 2.84. The van der Waals surface area contributed by atoms with Crippen molar-refractivity contribution in [3.63, 3.8) is 0 Å². The van der Waals surface area contributed by atoms with Crippen LogP contribution < -0.4 is 5.32 Å². The molecular weight excluding hydrogens is 248 g/mol. The van der Waals surface area contributed by atoms with Crippen molar-refractivity contribution >= 4 is 22.7 Å². The normalized spacial score (nSPS) is 23.9. The second kappa shape index (κ2) is 4.56. The van der Waals surface area contributed by atoms with Crippen LogP contribution in [0.25, 0.3) is 11.1 Å². The zero-order valence-corrected chi connectivity index (χ0v) is 11.3. The van der Waals surface area contributed by atoms with Crippen molar-refractivity contribution in [2.75, 3.05) is 6.54 Å². The van der Waals surface area contributed by atoms with Crippen LogP contribution in [-0.2, 0) is 5.54 Å². The molecule has 1 N–H and O–H groups in total. The molecule has 0 bridgehead atoms. The first-order valence-corrected chi connectivity index (χ1v) is 6.93. The van der Waals surface area contributed by atoms with Crippen LogP contribution >= 0.6 is 11.6 Å². The lowest BCUT2D eigenvalue weighted by atomic mass is 9.92. The highest BCUT2D eigenvalue weighted by molar-refractivity contribution is 6.31. The van der Waals surface area contributed by atoms with Gasteiger partial charge < -0.3 is 9.73 Å². The van der Waals surface area contributed by atoms with Gasteiger partial charge in [-0.25, -0.2) is 4.98 Å². The van der Waals surface area contributed by atoms with Gasteiger partial charge in [-0.2, -0.15) is 0 Å². The van der Waals surface area contributed by atoms with Crippen LogP contribution in [0.5, 0.6) is 0 Å². The van der Waals surface area contributed by atoms with E-state index in [1.165, 1.54) is 6.42 Å². The lowest BCUT2D eigenvalue weighted by Gasteiger charge is -2.25. The highest BCUT2D eigenvalue weighted by Gasteiger charge is 2.38. The van der Waals surface area contributed by atoms with E-state index in [4.69, 9.17) is 16.0 Å². The maximum Gasteiger partial charge on any atom is 0.215 e. The Morgan fingerprint density at radius 3 is 3.11 bits per heavy atom. The van der Waals surface area contributed by atoms with Crippen LogP contribution in [0.15, 0.2) is 22.6 Å². The number of rotatable bonds is 3. The molecule has 96 valence electrons. The number of benzene rings is 1. The van der Waals surface area contributed by atoms with Crippen LogP contribution in [0, 0.1) is 0 Å². The first kappa shape index (κ1) is 12.0. The molecule has 1 atom stereocenters. The molecular formula is C14H17ClN2O. The fraction of sp³-hybridized carbons (Fsp3) is 0.500. The number of aromatic nitrogens is 1. The van der Waals surface area contributed by atoms with Gasteiger partial charge in [0.25, 0.3) is 0 Å². The van der Waals surface area contributed by atoms with E-state index in [1.807, 2.05) is 18.2 Å². The average Bonchev–Trinajstić information content (AvgIpc) is 2.95. The van der Waals surface area contributed by atoms with Crippen LogP contribution in [0.2, 0.25) is 5.02 Å². The van der Waals surface area contributed by atoms with Gasteiger partial charge in [0.1, 0.15) is 5.52 Å². The minimum atomic E-state index is -0.0692. The Balaban J connectivity index is 2.06. The van der Waals surface area contributed by atoms with E-state index in [9.17, 15) is 0 Å². The summed E-state index contributed by atoms with van der Waals surface area (Å²) >= 11 is 5.99. The van der Waals surface area contributed by atoms with Crippen LogP contribution in [0.4, 0.5) is 0 Å². The molecule has 3 rings (SSSR count). The predicted octanol–water partition coefficient (Wildman–Crippen LogP) is 3.86. The molecule has 0 saturated carbocycles. The minimum Gasteiger partial charge on any atom is -0.439 e. The molecule has 1 aromatic carbocycles. The second-order valence-electron chi connectivity index (χ2n) is 4.99. The predicted molar refractivity (Wildman–Crippen MR) is 72.8 cm³/mol. The number of hydrogen-bond acceptors (Lipinski definition) is 3. The van der Waals surface area contributed by atoms with E-state index >= 15 is 0 Å². The Labute approximate surface area is 112 Å². The van der Waals surface area contributed by atoms with E-state index in [2.05, 4.69) is 17.2 Å². The molecule has 2 heterocycles. The summed E-state index contributed by atoms with van der Waals surface area (Å²) in [5, 5.41) is 4.27. The molecule has 18 heavy (non-hydrogen) atoms. The van der Waals surface area contributed by atoms with Gasteiger partial charge in [-0.15, -0.1) is 0 Å². The number of nitrogens with zero attached hydrogens (tertiary/aromatic N) is 1. The molecule has 1 aliphatic rings. The third-order valence-electron chi connectivity index (χ3n) is 3.68. The summed E-state index contributed by atoms with van der Waals surface area (Å²) in [5.74, 6) is 0.819. The molecule has 1 unspecified atom stereocenters. The van der Waals surface area contributed by atoms with E-state index in [1.54, 1.807) is 0 Å². The van der Waals surface area contributed by atoms with Crippen molar-refractivity contribution in [3.05, 3.63) is 29.1 Å². The molecule has 0 spiro atoms. The van der Waals surface area contributed by atoms with E-state index in [0.29, 0.717) is 5.02 Å². The summed E-state index contributed by atoms with van der Waals surface area (Å²) in [6, 6.07) is 5.59. The molecule has 1 saturated heterocycles. The van der Waals surface area contributed by atoms with Gasteiger partial charge in [0.2, 0.25) is 5.89 Å². The zero-order chi connectivity index (χ0) is 12.6. The Morgan fingerprint density at radius 1 is 1.50 bits per heavy atom. The fourth-order valence-corrected chi connectivity index (χ4v) is 3.01. The number of halogens is 1. The highest BCUT2D eigenvalue weighted by Crippen LogP contribution is 2.36. The topological polar surface area (TPSA) is 38.1 Å². The number of fused-ring (bicyclic) bond motifs is 1. The van der Waals surface area contributed by atoms with Crippen LogP contribution in [0.1, 0.15) is 38.5 Å². The third kappa shape index (κ3) is 1.91. The summed E-state index contributed by atoms with van der Waals surface area (Å²) in [4.78, 5) is 4.63. The Morgan fingerprint density at radius 2 is 2.39 bits per heavy atom. The van der Waals surface area contributed by atoms with Gasteiger partial charge >= 0.3 is 0 Å². The van der Waals surface area contributed by atoms with Gasteiger partial charge in [0, 0.05) is 5.02 Å². The van der Waals surface area contributed by atoms with E-state index in [0.717, 1.165) is 42.8 Å². The SMILES string of the molecule is CCCC1(c2nc3cc(Cl)ccc3o2)CCCN1. The Bertz CT molecular complexity index is 558. The molecule has 1 fully saturated rings. The van der Waals surface area contributed by atoms with E-state index in [-0.39, 0.29) is 5.54 Å². The van der Waals surface area contributed by atoms with Crippen molar-refractivity contribution in [2.24, 2.45) is 0 Å². The molecule has 4 heteroatoms. The molecule has 0 aliphatic carbocycles. The zero-order valence-electron chi connectivity index (χ0n) is 10.5. The summed E-state index contributed by atoms with van der Waals surface area (Å²) in [6.45, 7) is 3.24. The Kier molecular flexibility index (Phi) is 3.04. The van der Waals surface area contributed by atoms with Gasteiger partial charge in [-0.3, -0.25) is 0 Å². The molecule has 1 aliphatic heterocycles. The van der Waals surface area contributed by atoms with Crippen molar-refractivity contribution in [2.45, 2.75) is 38.1 Å². The number of hydrogen-bond donors (Lipinski definition) is 1. The van der Waals surface area contributed by atoms with Gasteiger partial charge in [-0.05, 0) is 44.0 Å². The molecule has 3 nitrogen and oxygen atoms in total. The molecule has 0 amide bonds. The lowest BCUT2D eigenvalue weighted by molar-refractivity contribution is 0.279. The van der Waals surface area contributed by atoms with Gasteiger partial charge in [-0.1, -0.05) is 24.9 Å². The van der Waals surface area contributed by atoms with Crippen LogP contribution in [-0.4, -0.2) is 11.5 Å². The molecule has 1 aromatic heterocycles. The van der Waals surface area contributed by atoms with Crippen LogP contribution in [0.3, 0.4) is 0 Å². The third-order valence-corrected chi connectivity index (χ3v) is 3.91. The average molecular weight is 265 g/mol. The summed E-state index contributed by atoms with van der Waals surface area (Å²) in [7, 11) is 0. The van der Waals surface area contributed by atoms with E-state index < -0.39 is 0 Å². The minimum absolute atomic E-state index is 0.0692. The smallest absolute Gasteiger partial charge is 0.215 e. The highest BCUT2D eigenvalue weighted by atomic mass is 35.5. The summed E-state index contributed by atoms with van der Waals surface area (Å²) in [6.07, 6.45) is 4.46. The Hall–Kier alpha value is -1.06. The first-order chi connectivity index (χ1) is 8.73. The summed E-state index contributed by atoms with van der Waals surface area (Å²) < 4.78 is 5.93. The van der Waals surface area contributed by atoms with Gasteiger partial charge in [0.15, 0.2) is 5.58 Å². The quantitative estimate of drug-likeness (QED) is 0.915. The largest absolute Gasteiger partial charge is 0.439 e. The maximum absolute atomic E-state index is 5.99. The monoisotopic (exact) mass is 264 g/mol. The standard InChI is InChI=1S/C14H17ClN2O/c1-2-6-14(7-3-8-16-14)13-17-11-9-10(15)4-5-12(11)18-13/h4-5,9,16H,2-3,6-8H2,1H3. The molecule has 2 aromatic rings. The van der Waals surface area contributed by atoms with Crippen molar-refractivity contribution in [3.8, 4) is 0 Å². The maximum atomic E-state index is 5.99. The summed E-state index contributed by atoms with van der Waals surface area (Å²) in [5.41, 5.74) is 1.60. The van der Waals surface area contributed by atoms with Crippen molar-refractivity contribution < 1.29 is 4.42 Å². The van der Waals surface area contributed by atoms with Crippen molar-refractivity contribution in [1.82, 2.24) is 10.3 Å². The lowest BCUT2D eigenvalue weighted by Crippen LogP contribution is -2.36. The first-order valence-electron chi connectivity index (χ1n) is 6.55. The molecule has 0 radical (unpaired) electrons.